The molecule has 2 aliphatic rings. The minimum atomic E-state index is -0.888. The number of allylic oxidation sites excluding steroid dienone is 3. The van der Waals surface area contributed by atoms with Crippen LogP contribution < -0.4 is 11.1 Å². The van der Waals surface area contributed by atoms with Crippen LogP contribution in [0.2, 0.25) is 0 Å². The van der Waals surface area contributed by atoms with Gasteiger partial charge in [-0.25, -0.2) is 0 Å². The van der Waals surface area contributed by atoms with Crippen molar-refractivity contribution in [1.82, 2.24) is 10.2 Å². The van der Waals surface area contributed by atoms with Crippen LogP contribution in [0.1, 0.15) is 80.4 Å². The number of Topliss-reactive ketones (excluding diaryl/α,β-unsaturated/α-hetero) is 1. The van der Waals surface area contributed by atoms with E-state index in [9.17, 15) is 14.7 Å². The van der Waals surface area contributed by atoms with E-state index in [1.807, 2.05) is 45.0 Å². The third-order valence-corrected chi connectivity index (χ3v) is 8.78. The minimum Gasteiger partial charge on any atom is -0.396 e. The molecule has 242 valence electrons. The second kappa shape index (κ2) is 17.1. The van der Waals surface area contributed by atoms with Crippen molar-refractivity contribution in [2.75, 3.05) is 26.2 Å². The number of amides is 1. The Kier molecular flexibility index (Phi) is 13.5. The van der Waals surface area contributed by atoms with Crippen molar-refractivity contribution in [1.29, 1.82) is 0 Å². The van der Waals surface area contributed by atoms with E-state index in [-0.39, 0.29) is 30.1 Å². The predicted octanol–water partition coefficient (Wildman–Crippen LogP) is 5.89. The Balaban J connectivity index is 0.000000610. The molecule has 2 heterocycles. The molecular weight excluding hydrogens is 562 g/mol. The first-order valence-electron chi connectivity index (χ1n) is 16.0. The Morgan fingerprint density at radius 3 is 2.29 bits per heavy atom. The van der Waals surface area contributed by atoms with Gasteiger partial charge in [-0.2, -0.15) is 0 Å². The first-order valence-corrected chi connectivity index (χ1v) is 16.0. The summed E-state index contributed by atoms with van der Waals surface area (Å²) in [7, 11) is 0. The number of dihydropyridines is 1. The number of carbonyl (C=O) groups excluding carboxylic acids is 2. The zero-order valence-electron chi connectivity index (χ0n) is 27.4. The van der Waals surface area contributed by atoms with Crippen molar-refractivity contribution in [3.8, 4) is 0 Å². The molecule has 0 radical (unpaired) electrons. The van der Waals surface area contributed by atoms with Gasteiger partial charge in [-0.15, -0.1) is 0 Å². The number of ketones is 1. The number of aliphatic hydroxyl groups excluding tert-OH is 1. The standard InChI is InChI=1S/C33H40N2O2.C5H11NO2/c1-5-25(4)32(36)30-16-13-28(21-31(30)24(2)3)33(37)17-19-35(20-18-33)23-27-12-15-29(34-22-27)14-11-26-9-7-6-8-10-26;1-4(2-3-7)5(6)8/h6-10,12-16,21-22,25,34,37H,2,5,11,17-20,23H2,1,3-4H3;4,7H,2-3H2,1H3,(H2,6,8)/b29-14-;. The van der Waals surface area contributed by atoms with E-state index < -0.39 is 5.60 Å². The van der Waals surface area contributed by atoms with Gasteiger partial charge in [0.2, 0.25) is 5.91 Å². The summed E-state index contributed by atoms with van der Waals surface area (Å²) < 4.78 is 0. The summed E-state index contributed by atoms with van der Waals surface area (Å²) in [5.74, 6) is -0.420. The smallest absolute Gasteiger partial charge is 0.220 e. The average Bonchev–Trinajstić information content (AvgIpc) is 3.05. The van der Waals surface area contributed by atoms with Gasteiger partial charge in [0, 0.05) is 55.5 Å². The van der Waals surface area contributed by atoms with Crippen molar-refractivity contribution >= 4 is 17.3 Å². The van der Waals surface area contributed by atoms with E-state index in [2.05, 4.69) is 65.5 Å². The summed E-state index contributed by atoms with van der Waals surface area (Å²) in [6.45, 7) is 14.2. The number of rotatable bonds is 12. The molecule has 0 aromatic heterocycles. The number of nitrogens with two attached hydrogens (primary N) is 1. The van der Waals surface area contributed by atoms with Gasteiger partial charge in [-0.05, 0) is 73.4 Å². The average molecular weight is 614 g/mol. The fraction of sp³-hybridized carbons (Fsp3) is 0.421. The largest absolute Gasteiger partial charge is 0.396 e. The maximum atomic E-state index is 12.9. The number of benzene rings is 2. The van der Waals surface area contributed by atoms with Crippen LogP contribution in [-0.4, -0.2) is 53.0 Å². The number of nitrogens with one attached hydrogen (secondary N) is 1. The molecule has 0 bridgehead atoms. The number of aliphatic hydroxyl groups is 2. The maximum Gasteiger partial charge on any atom is 0.220 e. The van der Waals surface area contributed by atoms with E-state index in [0.29, 0.717) is 24.8 Å². The van der Waals surface area contributed by atoms with Gasteiger partial charge in [0.15, 0.2) is 5.78 Å². The first-order chi connectivity index (χ1) is 21.5. The quantitative estimate of drug-likeness (QED) is 0.222. The fourth-order valence-corrected chi connectivity index (χ4v) is 5.35. The van der Waals surface area contributed by atoms with Gasteiger partial charge in [-0.3, -0.25) is 14.5 Å². The lowest BCUT2D eigenvalue weighted by Crippen LogP contribution is -2.43. The molecule has 4 rings (SSSR count). The Hall–Kier alpha value is -3.78. The molecule has 2 unspecified atom stereocenters. The molecule has 45 heavy (non-hydrogen) atoms. The van der Waals surface area contributed by atoms with E-state index in [1.54, 1.807) is 6.92 Å². The molecule has 5 N–H and O–H groups in total. The van der Waals surface area contributed by atoms with Crippen LogP contribution in [-0.2, 0) is 16.8 Å². The van der Waals surface area contributed by atoms with Gasteiger partial charge >= 0.3 is 0 Å². The number of carbonyl (C=O) groups is 2. The summed E-state index contributed by atoms with van der Waals surface area (Å²) in [6.07, 6.45) is 12.1. The highest BCUT2D eigenvalue weighted by atomic mass is 16.3. The predicted molar refractivity (Wildman–Crippen MR) is 183 cm³/mol. The van der Waals surface area contributed by atoms with E-state index in [1.165, 1.54) is 11.1 Å². The number of hydrogen-bond donors (Lipinski definition) is 4. The maximum absolute atomic E-state index is 12.9. The third kappa shape index (κ3) is 10.4. The van der Waals surface area contributed by atoms with Crippen LogP contribution in [0, 0.1) is 11.8 Å². The first kappa shape index (κ1) is 35.7. The summed E-state index contributed by atoms with van der Waals surface area (Å²) in [5, 5.41) is 23.2. The van der Waals surface area contributed by atoms with E-state index >= 15 is 0 Å². The Labute approximate surface area is 269 Å². The van der Waals surface area contributed by atoms with Gasteiger partial charge in [-0.1, -0.05) is 87.5 Å². The molecule has 2 atom stereocenters. The molecule has 2 aromatic carbocycles. The molecule has 1 amide bonds. The third-order valence-electron chi connectivity index (χ3n) is 8.78. The Morgan fingerprint density at radius 2 is 1.76 bits per heavy atom. The lowest BCUT2D eigenvalue weighted by Gasteiger charge is -2.39. The highest BCUT2D eigenvalue weighted by Gasteiger charge is 2.35. The minimum absolute atomic E-state index is 0.0247. The van der Waals surface area contributed by atoms with Crippen molar-refractivity contribution in [3.05, 3.63) is 113 Å². The molecule has 7 heteroatoms. The van der Waals surface area contributed by atoms with Crippen LogP contribution in [0.15, 0.2) is 90.8 Å². The molecule has 7 nitrogen and oxygen atoms in total. The van der Waals surface area contributed by atoms with E-state index in [0.717, 1.165) is 54.9 Å². The van der Waals surface area contributed by atoms with Gasteiger partial charge in [0.05, 0.1) is 5.60 Å². The SMILES string of the molecule is C=C(C)c1cc(C2(O)CCN(CC3=CN/C(=C\Cc4ccccc4)C=C3)CC2)ccc1C(=O)C(C)CC.CC(CCO)C(N)=O. The van der Waals surface area contributed by atoms with Crippen molar-refractivity contribution in [2.24, 2.45) is 17.6 Å². The molecule has 1 saturated heterocycles. The molecule has 2 aromatic rings. The van der Waals surface area contributed by atoms with Crippen molar-refractivity contribution < 1.29 is 19.8 Å². The number of hydrogen-bond acceptors (Lipinski definition) is 6. The second-order valence-corrected chi connectivity index (χ2v) is 12.4. The Bertz CT molecular complexity index is 1400. The van der Waals surface area contributed by atoms with Crippen LogP contribution in [0.25, 0.3) is 5.57 Å². The molecule has 2 aliphatic heterocycles. The molecule has 0 aliphatic carbocycles. The summed E-state index contributed by atoms with van der Waals surface area (Å²) in [4.78, 5) is 25.5. The zero-order valence-corrected chi connectivity index (χ0v) is 27.4. The zero-order chi connectivity index (χ0) is 33.0. The van der Waals surface area contributed by atoms with Gasteiger partial charge < -0.3 is 21.3 Å². The molecule has 0 saturated carbocycles. The van der Waals surface area contributed by atoms with Crippen LogP contribution in [0.4, 0.5) is 0 Å². The van der Waals surface area contributed by atoms with Crippen LogP contribution in [0.3, 0.4) is 0 Å². The highest BCUT2D eigenvalue weighted by Crippen LogP contribution is 2.36. The number of primary amides is 1. The van der Waals surface area contributed by atoms with Gasteiger partial charge in [0.25, 0.3) is 0 Å². The van der Waals surface area contributed by atoms with Crippen LogP contribution in [0.5, 0.6) is 0 Å². The highest BCUT2D eigenvalue weighted by molar-refractivity contribution is 6.01. The monoisotopic (exact) mass is 613 g/mol. The molecule has 0 spiro atoms. The molecule has 1 fully saturated rings. The lowest BCUT2D eigenvalue weighted by atomic mass is 9.81. The van der Waals surface area contributed by atoms with Crippen molar-refractivity contribution in [3.63, 3.8) is 0 Å². The van der Waals surface area contributed by atoms with Crippen LogP contribution >= 0.6 is 0 Å². The Morgan fingerprint density at radius 1 is 1.07 bits per heavy atom. The lowest BCUT2D eigenvalue weighted by molar-refractivity contribution is -0.121. The topological polar surface area (TPSA) is 116 Å². The van der Waals surface area contributed by atoms with Gasteiger partial charge in [0.1, 0.15) is 0 Å². The van der Waals surface area contributed by atoms with Crippen molar-refractivity contribution in [2.45, 2.75) is 65.4 Å². The second-order valence-electron chi connectivity index (χ2n) is 12.4. The number of nitrogens with zero attached hydrogens (tertiary/aromatic N) is 1. The van der Waals surface area contributed by atoms with E-state index in [4.69, 9.17) is 10.8 Å². The summed E-state index contributed by atoms with van der Waals surface area (Å²) in [6, 6.07) is 16.3. The summed E-state index contributed by atoms with van der Waals surface area (Å²) >= 11 is 0. The normalized spacial score (nSPS) is 18.2. The summed E-state index contributed by atoms with van der Waals surface area (Å²) in [5.41, 5.74) is 11.0. The number of likely N-dealkylation sites (tertiary alicyclic amines) is 1. The molecular formula is C38H51N3O4. The fourth-order valence-electron chi connectivity index (χ4n) is 5.35. The number of piperidine rings is 1.